The Bertz CT molecular complexity index is 2830. The zero-order valence-corrected chi connectivity index (χ0v) is 39.3. The average molecular weight is 968 g/mol. The number of hydrogen-bond donors (Lipinski definition) is 8. The molecular formula is C57H48B4O12. The van der Waals surface area contributed by atoms with Gasteiger partial charge in [0.15, 0.2) is 23.1 Å². The molecule has 8 aromatic rings. The van der Waals surface area contributed by atoms with Crippen LogP contribution in [-0.2, 0) is 31.1 Å². The van der Waals surface area contributed by atoms with Gasteiger partial charge in [-0.05, 0) is 66.4 Å². The second-order valence-corrected chi connectivity index (χ2v) is 17.8. The van der Waals surface area contributed by atoms with E-state index in [0.717, 1.165) is 0 Å². The largest absolute Gasteiger partial charge is 0.488 e. The van der Waals surface area contributed by atoms with E-state index >= 15 is 19.2 Å². The van der Waals surface area contributed by atoms with E-state index < -0.39 is 33.9 Å². The van der Waals surface area contributed by atoms with E-state index in [0.29, 0.717) is 44.5 Å². The van der Waals surface area contributed by atoms with Crippen LogP contribution in [0.3, 0.4) is 0 Å². The van der Waals surface area contributed by atoms with Gasteiger partial charge in [-0.15, -0.1) is 0 Å². The van der Waals surface area contributed by atoms with Crippen LogP contribution in [0, 0.1) is 0 Å². The molecule has 0 unspecified atom stereocenters. The topological polar surface area (TPSA) is 230 Å². The molecular weight excluding hydrogens is 920 g/mol. The Hall–Kier alpha value is -7.62. The molecule has 0 aromatic heterocycles. The van der Waals surface area contributed by atoms with Gasteiger partial charge in [-0.25, -0.2) is 0 Å². The maximum absolute atomic E-state index is 15.2. The van der Waals surface area contributed by atoms with Gasteiger partial charge in [0.2, 0.25) is 0 Å². The molecule has 12 nitrogen and oxygen atoms in total. The Morgan fingerprint density at radius 3 is 0.630 bits per heavy atom. The Morgan fingerprint density at radius 2 is 0.452 bits per heavy atom. The van der Waals surface area contributed by atoms with Crippen LogP contribution in [0.25, 0.3) is 0 Å². The smallest absolute Gasteiger partial charge is 0.423 e. The summed E-state index contributed by atoms with van der Waals surface area (Å²) in [5, 5.41) is 78.5. The highest BCUT2D eigenvalue weighted by Crippen LogP contribution is 2.50. The maximum Gasteiger partial charge on any atom is 0.488 e. The first kappa shape index (κ1) is 51.7. The lowest BCUT2D eigenvalue weighted by atomic mass is 9.59. The summed E-state index contributed by atoms with van der Waals surface area (Å²) in [6, 6.07) is 52.4. The molecule has 0 spiro atoms. The van der Waals surface area contributed by atoms with Crippen molar-refractivity contribution in [2.45, 2.75) is 31.1 Å². The number of Topliss-reactive ketones (excluding diaryl/α,β-unsaturated/α-hetero) is 4. The summed E-state index contributed by atoms with van der Waals surface area (Å²) in [5.74, 6) is -1.51. The monoisotopic (exact) mass is 968 g/mol. The number of rotatable bonds is 20. The fraction of sp³-hybridized carbons (Fsp3) is 0.0877. The van der Waals surface area contributed by atoms with Gasteiger partial charge >= 0.3 is 28.5 Å². The lowest BCUT2D eigenvalue weighted by molar-refractivity contribution is 0.0985. The van der Waals surface area contributed by atoms with Crippen LogP contribution in [0.2, 0.25) is 0 Å². The summed E-state index contributed by atoms with van der Waals surface area (Å²) in [4.78, 5) is 60.8. The molecule has 8 rings (SSSR count). The predicted molar refractivity (Wildman–Crippen MR) is 282 cm³/mol. The third-order valence-electron chi connectivity index (χ3n) is 13.1. The second-order valence-electron chi connectivity index (χ2n) is 17.8. The van der Waals surface area contributed by atoms with Crippen molar-refractivity contribution in [3.05, 3.63) is 261 Å². The summed E-state index contributed by atoms with van der Waals surface area (Å²) in [7, 11) is -6.92. The van der Waals surface area contributed by atoms with E-state index in [4.69, 9.17) is 0 Å². The van der Waals surface area contributed by atoms with Crippen molar-refractivity contribution in [1.82, 2.24) is 0 Å². The second kappa shape index (κ2) is 22.9. The zero-order valence-electron chi connectivity index (χ0n) is 39.3. The van der Waals surface area contributed by atoms with Crippen LogP contribution >= 0.6 is 0 Å². The number of benzene rings is 8. The Balaban J connectivity index is 1.43. The predicted octanol–water partition coefficient (Wildman–Crippen LogP) is 2.49. The van der Waals surface area contributed by atoms with E-state index in [-0.39, 0.29) is 92.9 Å². The van der Waals surface area contributed by atoms with Gasteiger partial charge in [-0.3, -0.25) is 19.2 Å². The molecule has 0 bridgehead atoms. The van der Waals surface area contributed by atoms with Crippen molar-refractivity contribution in [2.24, 2.45) is 0 Å². The molecule has 0 radical (unpaired) electrons. The first-order valence-electron chi connectivity index (χ1n) is 23.5. The van der Waals surface area contributed by atoms with Crippen LogP contribution in [0.15, 0.2) is 194 Å². The molecule has 0 saturated carbocycles. The lowest BCUT2D eigenvalue weighted by Gasteiger charge is -2.41. The molecule has 0 heterocycles. The first-order valence-corrected chi connectivity index (χ1v) is 23.5. The molecule has 8 aromatic carbocycles. The van der Waals surface area contributed by atoms with Gasteiger partial charge in [0.05, 0.1) is 5.41 Å². The fourth-order valence-electron chi connectivity index (χ4n) is 9.44. The van der Waals surface area contributed by atoms with Gasteiger partial charge in [0.25, 0.3) is 0 Å². The molecule has 0 aliphatic carbocycles. The van der Waals surface area contributed by atoms with E-state index in [1.807, 2.05) is 0 Å². The highest BCUT2D eigenvalue weighted by Gasteiger charge is 2.46. The molecule has 73 heavy (non-hydrogen) atoms. The fourth-order valence-corrected chi connectivity index (χ4v) is 9.44. The summed E-state index contributed by atoms with van der Waals surface area (Å²) in [5.41, 5.74) is 3.33. The van der Waals surface area contributed by atoms with Crippen LogP contribution in [0.5, 0.6) is 0 Å². The number of carbonyl (C=O) groups excluding carboxylic acids is 4. The Labute approximate surface area is 423 Å². The lowest BCUT2D eigenvalue weighted by Crippen LogP contribution is -2.38. The molecule has 0 aliphatic heterocycles. The third-order valence-corrected chi connectivity index (χ3v) is 13.1. The number of hydrogen-bond acceptors (Lipinski definition) is 12. The molecule has 8 N–H and O–H groups in total. The summed E-state index contributed by atoms with van der Waals surface area (Å²) >= 11 is 0. The highest BCUT2D eigenvalue weighted by molar-refractivity contribution is 6.59. The molecule has 360 valence electrons. The van der Waals surface area contributed by atoms with Gasteiger partial charge in [0, 0.05) is 47.9 Å². The van der Waals surface area contributed by atoms with E-state index in [1.165, 1.54) is 48.5 Å². The minimum absolute atomic E-state index is 0.160. The Morgan fingerprint density at radius 1 is 0.274 bits per heavy atom. The van der Waals surface area contributed by atoms with Gasteiger partial charge in [-0.1, -0.05) is 194 Å². The molecule has 0 saturated heterocycles. The molecule has 0 aliphatic rings. The summed E-state index contributed by atoms with van der Waals surface area (Å²) in [6.45, 7) is 0. The first-order chi connectivity index (χ1) is 35.1. The summed E-state index contributed by atoms with van der Waals surface area (Å²) in [6.07, 6.45) is -0.642. The minimum Gasteiger partial charge on any atom is -0.423 e. The third kappa shape index (κ3) is 11.4. The molecule has 16 heteroatoms. The highest BCUT2D eigenvalue weighted by atomic mass is 16.4. The zero-order chi connectivity index (χ0) is 51.8. The molecule has 0 atom stereocenters. The van der Waals surface area contributed by atoms with E-state index in [1.54, 1.807) is 146 Å². The van der Waals surface area contributed by atoms with Crippen molar-refractivity contribution in [3.63, 3.8) is 0 Å². The van der Waals surface area contributed by atoms with Gasteiger partial charge in [0.1, 0.15) is 0 Å². The number of ketones is 4. The van der Waals surface area contributed by atoms with Crippen molar-refractivity contribution in [1.29, 1.82) is 0 Å². The van der Waals surface area contributed by atoms with Crippen LogP contribution in [-0.4, -0.2) is 91.8 Å². The van der Waals surface area contributed by atoms with Gasteiger partial charge in [-0.2, -0.15) is 0 Å². The van der Waals surface area contributed by atoms with Crippen LogP contribution in [0.1, 0.15) is 85.9 Å². The molecule has 0 fully saturated rings. The van der Waals surface area contributed by atoms with Crippen molar-refractivity contribution < 1.29 is 59.4 Å². The minimum atomic E-state index is -1.84. The number of carbonyl (C=O) groups is 4. The van der Waals surface area contributed by atoms with E-state index in [2.05, 4.69) is 0 Å². The normalized spacial score (nSPS) is 11.2. The van der Waals surface area contributed by atoms with Crippen molar-refractivity contribution in [3.8, 4) is 0 Å². The summed E-state index contributed by atoms with van der Waals surface area (Å²) < 4.78 is 0. The van der Waals surface area contributed by atoms with Crippen molar-refractivity contribution >= 4 is 73.5 Å². The molecule has 0 amide bonds. The van der Waals surface area contributed by atoms with Crippen LogP contribution in [0.4, 0.5) is 0 Å². The maximum atomic E-state index is 15.2. The standard InChI is InChI=1S/C57H48B4O12/c62-53(33-37-17-25-41(26-18-37)58(66)67)45-9-1-5-13-49(45)57(50-14-6-2-10-46(50)54(63)34-38-19-27-42(28-20-38)59(68)69,51-15-7-3-11-47(51)55(64)35-39-21-29-43(30-22-39)60(70)71)52-16-8-4-12-48(52)56(65)36-40-23-31-44(32-24-40)61(72)73/h1-32,66-73H,33-36H2. The quantitative estimate of drug-likeness (QED) is 0.0313. The van der Waals surface area contributed by atoms with Crippen LogP contribution < -0.4 is 21.9 Å². The van der Waals surface area contributed by atoms with Crippen molar-refractivity contribution in [2.75, 3.05) is 0 Å². The SMILES string of the molecule is O=C(Cc1ccc(B(O)O)cc1)c1ccccc1C(c1ccccc1C(=O)Cc1ccc(B(O)O)cc1)(c1ccccc1C(=O)Cc1ccc(B(O)O)cc1)c1ccccc1C(=O)Cc1ccc(B(O)O)cc1. The Kier molecular flexibility index (Phi) is 16.2. The average Bonchev–Trinajstić information content (AvgIpc) is 3.40. The van der Waals surface area contributed by atoms with Gasteiger partial charge < -0.3 is 40.2 Å². The van der Waals surface area contributed by atoms with E-state index in [9.17, 15) is 40.2 Å².